The number of hydrogen-bond acceptors (Lipinski definition) is 4. The average Bonchev–Trinajstić information content (AvgIpc) is 2.34. The maximum atomic E-state index is 12.1. The van der Waals surface area contributed by atoms with E-state index >= 15 is 0 Å². The van der Waals surface area contributed by atoms with Crippen LogP contribution in [-0.4, -0.2) is 58.0 Å². The number of aliphatic carboxylic acids is 1. The molecule has 0 aliphatic carbocycles. The van der Waals surface area contributed by atoms with Gasteiger partial charge in [-0.15, -0.1) is 0 Å². The Morgan fingerprint density at radius 1 is 1.42 bits per heavy atom. The first-order valence-corrected chi connectivity index (χ1v) is 7.17. The fraction of sp³-hybridized carbons (Fsp3) is 0.727. The van der Waals surface area contributed by atoms with Crippen LogP contribution in [0.4, 0.5) is 4.79 Å². The molecule has 2 unspecified atom stereocenters. The second-order valence-corrected chi connectivity index (χ2v) is 5.85. The highest BCUT2D eigenvalue weighted by Crippen LogP contribution is 2.17. The highest BCUT2D eigenvalue weighted by atomic mass is 32.2. The van der Waals surface area contributed by atoms with Gasteiger partial charge in [-0.2, -0.15) is 11.8 Å². The SMILES string of the molecule is CC(C)C(NC(=O)N1CCSCC1C(=O)O)C(N)=O. The van der Waals surface area contributed by atoms with Gasteiger partial charge in [-0.05, 0) is 5.92 Å². The number of thioether (sulfide) groups is 1. The maximum Gasteiger partial charge on any atom is 0.327 e. The number of carboxylic acid groups (broad SMARTS) is 1. The lowest BCUT2D eigenvalue weighted by Crippen LogP contribution is -2.58. The van der Waals surface area contributed by atoms with E-state index in [1.54, 1.807) is 13.8 Å². The minimum absolute atomic E-state index is 0.149. The molecule has 1 fully saturated rings. The first kappa shape index (κ1) is 15.6. The van der Waals surface area contributed by atoms with E-state index in [4.69, 9.17) is 10.8 Å². The Bertz CT molecular complexity index is 375. The number of primary amides is 1. The van der Waals surface area contributed by atoms with Crippen molar-refractivity contribution in [1.29, 1.82) is 0 Å². The van der Waals surface area contributed by atoms with Crippen molar-refractivity contribution < 1.29 is 19.5 Å². The molecular formula is C11H19N3O4S. The molecule has 0 radical (unpaired) electrons. The summed E-state index contributed by atoms with van der Waals surface area (Å²) in [6, 6.07) is -2.21. The number of urea groups is 1. The predicted molar refractivity (Wildman–Crippen MR) is 71.8 cm³/mol. The van der Waals surface area contributed by atoms with Crippen molar-refractivity contribution in [3.63, 3.8) is 0 Å². The van der Waals surface area contributed by atoms with Crippen LogP contribution in [0.25, 0.3) is 0 Å². The third-order valence-corrected chi connectivity index (χ3v) is 3.95. The van der Waals surface area contributed by atoms with Crippen molar-refractivity contribution in [2.24, 2.45) is 11.7 Å². The maximum absolute atomic E-state index is 12.1. The van der Waals surface area contributed by atoms with E-state index in [2.05, 4.69) is 5.32 Å². The van der Waals surface area contributed by atoms with Crippen LogP contribution in [0, 0.1) is 5.92 Å². The monoisotopic (exact) mass is 289 g/mol. The third-order valence-electron chi connectivity index (χ3n) is 2.93. The molecule has 1 saturated heterocycles. The second kappa shape index (κ2) is 6.65. The largest absolute Gasteiger partial charge is 0.480 e. The predicted octanol–water partition coefficient (Wildman–Crippen LogP) is -0.292. The van der Waals surface area contributed by atoms with Crippen LogP contribution < -0.4 is 11.1 Å². The number of nitrogens with zero attached hydrogens (tertiary/aromatic N) is 1. The van der Waals surface area contributed by atoms with Crippen LogP contribution in [0.1, 0.15) is 13.8 Å². The molecule has 1 aliphatic rings. The number of amides is 3. The Kier molecular flexibility index (Phi) is 5.46. The summed E-state index contributed by atoms with van der Waals surface area (Å²) in [5.74, 6) is -0.778. The van der Waals surface area contributed by atoms with E-state index in [0.29, 0.717) is 18.1 Å². The van der Waals surface area contributed by atoms with Gasteiger partial charge in [0.2, 0.25) is 5.91 Å². The van der Waals surface area contributed by atoms with Crippen LogP contribution in [0.2, 0.25) is 0 Å². The summed E-state index contributed by atoms with van der Waals surface area (Å²) < 4.78 is 0. The zero-order valence-corrected chi connectivity index (χ0v) is 11.8. The summed E-state index contributed by atoms with van der Waals surface area (Å²) in [7, 11) is 0. The quantitative estimate of drug-likeness (QED) is 0.658. The van der Waals surface area contributed by atoms with Gasteiger partial charge in [0.1, 0.15) is 12.1 Å². The van der Waals surface area contributed by atoms with Gasteiger partial charge >= 0.3 is 12.0 Å². The Labute approximate surface area is 115 Å². The summed E-state index contributed by atoms with van der Waals surface area (Å²) in [5, 5.41) is 11.6. The first-order valence-electron chi connectivity index (χ1n) is 6.01. The van der Waals surface area contributed by atoms with E-state index in [-0.39, 0.29) is 5.92 Å². The van der Waals surface area contributed by atoms with E-state index in [1.165, 1.54) is 16.7 Å². The van der Waals surface area contributed by atoms with Crippen LogP contribution in [-0.2, 0) is 9.59 Å². The summed E-state index contributed by atoms with van der Waals surface area (Å²) in [6.07, 6.45) is 0. The molecule has 0 saturated carbocycles. The smallest absolute Gasteiger partial charge is 0.327 e. The average molecular weight is 289 g/mol. The number of carboxylic acids is 1. The molecule has 7 nitrogen and oxygen atoms in total. The Hall–Kier alpha value is -1.44. The number of carbonyl (C=O) groups excluding carboxylic acids is 2. The van der Waals surface area contributed by atoms with Crippen LogP contribution in [0.3, 0.4) is 0 Å². The zero-order valence-electron chi connectivity index (χ0n) is 11.0. The molecule has 8 heteroatoms. The standard InChI is InChI=1S/C11H19N3O4S/c1-6(2)8(9(12)15)13-11(18)14-3-4-19-5-7(14)10(16)17/h6-8H,3-5H2,1-2H3,(H2,12,15)(H,13,18)(H,16,17). The van der Waals surface area contributed by atoms with Crippen LogP contribution in [0.5, 0.6) is 0 Å². The number of nitrogens with one attached hydrogen (secondary N) is 1. The summed E-state index contributed by atoms with van der Waals surface area (Å²) >= 11 is 1.49. The molecule has 1 heterocycles. The zero-order chi connectivity index (χ0) is 14.6. The lowest BCUT2D eigenvalue weighted by molar-refractivity contribution is -0.141. The van der Waals surface area contributed by atoms with Crippen LogP contribution >= 0.6 is 11.8 Å². The van der Waals surface area contributed by atoms with E-state index in [0.717, 1.165) is 0 Å². The lowest BCUT2D eigenvalue weighted by atomic mass is 10.0. The van der Waals surface area contributed by atoms with E-state index < -0.39 is 30.0 Å². The first-order chi connectivity index (χ1) is 8.84. The van der Waals surface area contributed by atoms with E-state index in [1.807, 2.05) is 0 Å². The fourth-order valence-corrected chi connectivity index (χ4v) is 2.87. The lowest BCUT2D eigenvalue weighted by Gasteiger charge is -2.34. The van der Waals surface area contributed by atoms with E-state index in [9.17, 15) is 14.4 Å². The minimum Gasteiger partial charge on any atom is -0.480 e. The van der Waals surface area contributed by atoms with Gasteiger partial charge in [0.05, 0.1) is 0 Å². The second-order valence-electron chi connectivity index (χ2n) is 4.70. The normalized spacial score (nSPS) is 21.0. The summed E-state index contributed by atoms with van der Waals surface area (Å²) in [6.45, 7) is 3.87. The molecule has 1 rings (SSSR count). The summed E-state index contributed by atoms with van der Waals surface area (Å²) in [4.78, 5) is 35.7. The molecule has 0 aromatic rings. The Morgan fingerprint density at radius 3 is 2.53 bits per heavy atom. The molecule has 19 heavy (non-hydrogen) atoms. The summed E-state index contributed by atoms with van der Waals surface area (Å²) in [5.41, 5.74) is 5.22. The molecule has 0 spiro atoms. The van der Waals surface area contributed by atoms with Gasteiger partial charge in [-0.25, -0.2) is 9.59 Å². The molecule has 1 aliphatic heterocycles. The number of nitrogens with two attached hydrogens (primary N) is 1. The van der Waals surface area contributed by atoms with Crippen molar-refractivity contribution in [3.8, 4) is 0 Å². The van der Waals surface area contributed by atoms with Gasteiger partial charge in [-0.1, -0.05) is 13.8 Å². The minimum atomic E-state index is -1.04. The number of carbonyl (C=O) groups is 3. The van der Waals surface area contributed by atoms with Crippen molar-refractivity contribution in [3.05, 3.63) is 0 Å². The van der Waals surface area contributed by atoms with Crippen molar-refractivity contribution >= 4 is 29.7 Å². The van der Waals surface area contributed by atoms with Gasteiger partial charge in [0.15, 0.2) is 0 Å². The molecular weight excluding hydrogens is 270 g/mol. The molecule has 108 valence electrons. The van der Waals surface area contributed by atoms with Crippen molar-refractivity contribution in [2.75, 3.05) is 18.1 Å². The third kappa shape index (κ3) is 4.02. The topological polar surface area (TPSA) is 113 Å². The van der Waals surface area contributed by atoms with Crippen molar-refractivity contribution in [1.82, 2.24) is 10.2 Å². The van der Waals surface area contributed by atoms with Gasteiger partial charge in [0, 0.05) is 18.1 Å². The Balaban J connectivity index is 2.74. The molecule has 2 atom stereocenters. The molecule has 0 aromatic heterocycles. The Morgan fingerprint density at radius 2 is 2.05 bits per heavy atom. The number of hydrogen-bond donors (Lipinski definition) is 3. The van der Waals surface area contributed by atoms with Gasteiger partial charge < -0.3 is 21.1 Å². The molecule has 0 bridgehead atoms. The van der Waals surface area contributed by atoms with Crippen LogP contribution in [0.15, 0.2) is 0 Å². The molecule has 4 N–H and O–H groups in total. The fourth-order valence-electron chi connectivity index (χ4n) is 1.83. The van der Waals surface area contributed by atoms with Gasteiger partial charge in [0.25, 0.3) is 0 Å². The van der Waals surface area contributed by atoms with Crippen molar-refractivity contribution in [2.45, 2.75) is 25.9 Å². The highest BCUT2D eigenvalue weighted by molar-refractivity contribution is 7.99. The number of rotatable bonds is 4. The highest BCUT2D eigenvalue weighted by Gasteiger charge is 2.34. The molecule has 0 aromatic carbocycles. The van der Waals surface area contributed by atoms with Gasteiger partial charge in [-0.3, -0.25) is 4.79 Å². The molecule has 3 amide bonds.